The van der Waals surface area contributed by atoms with E-state index in [9.17, 15) is 4.79 Å². The Morgan fingerprint density at radius 1 is 1.04 bits per heavy atom. The van der Waals surface area contributed by atoms with Crippen LogP contribution in [0.5, 0.6) is 0 Å². The van der Waals surface area contributed by atoms with Crippen molar-refractivity contribution in [2.75, 3.05) is 31.1 Å². The number of aromatic nitrogens is 2. The number of amides is 1. The molecule has 4 rings (SSSR count). The molecule has 3 heterocycles. The highest BCUT2D eigenvalue weighted by molar-refractivity contribution is 7.22. The second-order valence-corrected chi connectivity index (χ2v) is 7.73. The number of nitrogens with zero attached hydrogens (tertiary/aromatic N) is 4. The smallest absolute Gasteiger partial charge is 0.254 e. The highest BCUT2D eigenvalue weighted by atomic mass is 32.1. The Morgan fingerprint density at radius 2 is 1.85 bits per heavy atom. The maximum Gasteiger partial charge on any atom is 0.254 e. The van der Waals surface area contributed by atoms with Gasteiger partial charge in [-0.1, -0.05) is 17.4 Å². The molecule has 0 unspecified atom stereocenters. The Hall–Kier alpha value is -2.47. The molecule has 1 fully saturated rings. The predicted molar refractivity (Wildman–Crippen MR) is 106 cm³/mol. The number of thiazole rings is 1. The fourth-order valence-corrected chi connectivity index (χ4v) is 4.42. The summed E-state index contributed by atoms with van der Waals surface area (Å²) in [6, 6.07) is 7.89. The molecule has 0 spiro atoms. The number of hydrogen-bond acceptors (Lipinski definition) is 5. The largest absolute Gasteiger partial charge is 0.346 e. The quantitative estimate of drug-likeness (QED) is 0.694. The lowest BCUT2D eigenvalue weighted by Gasteiger charge is -2.21. The van der Waals surface area contributed by atoms with E-state index in [0.29, 0.717) is 5.56 Å². The molecule has 0 N–H and O–H groups in total. The van der Waals surface area contributed by atoms with E-state index in [-0.39, 0.29) is 5.91 Å². The number of fused-ring (bicyclic) bond motifs is 1. The molecule has 0 radical (unpaired) electrons. The first-order chi connectivity index (χ1) is 12.6. The van der Waals surface area contributed by atoms with Crippen LogP contribution in [0.4, 0.5) is 5.13 Å². The normalized spacial score (nSPS) is 15.3. The molecule has 5 nitrogen and oxygen atoms in total. The fourth-order valence-electron chi connectivity index (χ4n) is 3.34. The van der Waals surface area contributed by atoms with Gasteiger partial charge in [-0.05, 0) is 49.6 Å². The van der Waals surface area contributed by atoms with Crippen molar-refractivity contribution < 1.29 is 4.79 Å². The lowest BCUT2D eigenvalue weighted by atomic mass is 10.1. The van der Waals surface area contributed by atoms with Gasteiger partial charge in [0.2, 0.25) is 0 Å². The highest BCUT2D eigenvalue weighted by Crippen LogP contribution is 2.32. The number of rotatable bonds is 2. The molecule has 1 aromatic carbocycles. The third kappa shape index (κ3) is 3.17. The summed E-state index contributed by atoms with van der Waals surface area (Å²) in [7, 11) is 0. The minimum Gasteiger partial charge on any atom is -0.346 e. The fraction of sp³-hybridized carbons (Fsp3) is 0.350. The third-order valence-electron chi connectivity index (χ3n) is 5.05. The molecule has 1 amide bonds. The van der Waals surface area contributed by atoms with Gasteiger partial charge < -0.3 is 9.80 Å². The van der Waals surface area contributed by atoms with E-state index in [1.165, 1.54) is 15.8 Å². The summed E-state index contributed by atoms with van der Waals surface area (Å²) in [5.41, 5.74) is 4.35. The molecular formula is C20H22N4OS. The second kappa shape index (κ2) is 7.03. The minimum absolute atomic E-state index is 0.0880. The number of carbonyl (C=O) groups excluding carboxylic acids is 1. The molecule has 3 aromatic rings. The van der Waals surface area contributed by atoms with Gasteiger partial charge in [-0.25, -0.2) is 4.98 Å². The van der Waals surface area contributed by atoms with Gasteiger partial charge in [-0.2, -0.15) is 0 Å². The molecule has 0 atom stereocenters. The van der Waals surface area contributed by atoms with Crippen molar-refractivity contribution >= 4 is 32.6 Å². The van der Waals surface area contributed by atoms with E-state index in [4.69, 9.17) is 4.98 Å². The molecule has 0 saturated carbocycles. The van der Waals surface area contributed by atoms with Crippen LogP contribution in [0, 0.1) is 13.8 Å². The van der Waals surface area contributed by atoms with Gasteiger partial charge in [-0.15, -0.1) is 0 Å². The first kappa shape index (κ1) is 17.0. The molecule has 2 aromatic heterocycles. The summed E-state index contributed by atoms with van der Waals surface area (Å²) in [5.74, 6) is 0.0880. The van der Waals surface area contributed by atoms with Crippen molar-refractivity contribution in [3.05, 3.63) is 53.3 Å². The van der Waals surface area contributed by atoms with Crippen molar-refractivity contribution in [2.24, 2.45) is 0 Å². The van der Waals surface area contributed by atoms with Gasteiger partial charge in [0.05, 0.1) is 10.2 Å². The Bertz CT molecular complexity index is 938. The lowest BCUT2D eigenvalue weighted by molar-refractivity contribution is 0.0767. The van der Waals surface area contributed by atoms with Crippen molar-refractivity contribution in [3.63, 3.8) is 0 Å². The van der Waals surface area contributed by atoms with Crippen molar-refractivity contribution in [1.29, 1.82) is 0 Å². The van der Waals surface area contributed by atoms with Crippen molar-refractivity contribution in [3.8, 4) is 0 Å². The zero-order chi connectivity index (χ0) is 18.1. The molecule has 1 saturated heterocycles. The first-order valence-corrected chi connectivity index (χ1v) is 9.76. The zero-order valence-corrected chi connectivity index (χ0v) is 15.9. The van der Waals surface area contributed by atoms with Crippen LogP contribution in [0.2, 0.25) is 0 Å². The molecule has 134 valence electrons. The van der Waals surface area contributed by atoms with E-state index in [0.717, 1.165) is 43.2 Å². The molecule has 1 aliphatic heterocycles. The molecular weight excluding hydrogens is 344 g/mol. The molecule has 6 heteroatoms. The SMILES string of the molecule is Cc1ccc2sc(N3CCCN(C(=O)c4ccncc4)CC3)nc2c1C. The standard InChI is InChI=1S/C20H22N4OS/c1-14-4-5-17-18(15(14)2)22-20(26-17)24-11-3-10-23(12-13-24)19(25)16-6-8-21-9-7-16/h4-9H,3,10-13H2,1-2H3. The zero-order valence-electron chi connectivity index (χ0n) is 15.1. The van der Waals surface area contributed by atoms with Gasteiger partial charge in [-0.3, -0.25) is 9.78 Å². The van der Waals surface area contributed by atoms with Gasteiger partial charge in [0, 0.05) is 44.1 Å². The van der Waals surface area contributed by atoms with Crippen LogP contribution in [0.15, 0.2) is 36.7 Å². The topological polar surface area (TPSA) is 49.3 Å². The van der Waals surface area contributed by atoms with Crippen LogP contribution in [-0.4, -0.2) is 47.0 Å². The number of aryl methyl sites for hydroxylation is 2. The van der Waals surface area contributed by atoms with E-state index in [1.807, 2.05) is 4.90 Å². The van der Waals surface area contributed by atoms with Crippen LogP contribution >= 0.6 is 11.3 Å². The maximum absolute atomic E-state index is 12.7. The molecule has 0 aliphatic carbocycles. The molecule has 26 heavy (non-hydrogen) atoms. The third-order valence-corrected chi connectivity index (χ3v) is 6.14. The van der Waals surface area contributed by atoms with Crippen LogP contribution in [0.1, 0.15) is 27.9 Å². The number of anilines is 1. The van der Waals surface area contributed by atoms with Crippen LogP contribution < -0.4 is 4.90 Å². The lowest BCUT2D eigenvalue weighted by Crippen LogP contribution is -2.35. The Kier molecular flexibility index (Phi) is 4.59. The van der Waals surface area contributed by atoms with E-state index >= 15 is 0 Å². The van der Waals surface area contributed by atoms with Crippen LogP contribution in [0.3, 0.4) is 0 Å². The first-order valence-electron chi connectivity index (χ1n) is 8.94. The number of benzene rings is 1. The maximum atomic E-state index is 12.7. The van der Waals surface area contributed by atoms with Gasteiger partial charge in [0.15, 0.2) is 5.13 Å². The van der Waals surface area contributed by atoms with Crippen molar-refractivity contribution in [1.82, 2.24) is 14.9 Å². The van der Waals surface area contributed by atoms with Crippen LogP contribution in [-0.2, 0) is 0 Å². The Labute approximate surface area is 157 Å². The number of pyridine rings is 1. The number of carbonyl (C=O) groups is 1. The summed E-state index contributed by atoms with van der Waals surface area (Å²) in [6.45, 7) is 7.50. The molecule has 1 aliphatic rings. The van der Waals surface area contributed by atoms with E-state index in [2.05, 4.69) is 35.9 Å². The van der Waals surface area contributed by atoms with E-state index < -0.39 is 0 Å². The number of hydrogen-bond donors (Lipinski definition) is 0. The van der Waals surface area contributed by atoms with Gasteiger partial charge >= 0.3 is 0 Å². The summed E-state index contributed by atoms with van der Waals surface area (Å²) >= 11 is 1.75. The van der Waals surface area contributed by atoms with Crippen LogP contribution in [0.25, 0.3) is 10.2 Å². The summed E-state index contributed by atoms with van der Waals surface area (Å²) in [6.07, 6.45) is 4.29. The van der Waals surface area contributed by atoms with Gasteiger partial charge in [0.1, 0.15) is 0 Å². The molecule has 0 bridgehead atoms. The Morgan fingerprint density at radius 3 is 2.65 bits per heavy atom. The summed E-state index contributed by atoms with van der Waals surface area (Å²) < 4.78 is 1.23. The summed E-state index contributed by atoms with van der Waals surface area (Å²) in [5, 5.41) is 1.06. The van der Waals surface area contributed by atoms with Crippen molar-refractivity contribution in [2.45, 2.75) is 20.3 Å². The monoisotopic (exact) mass is 366 g/mol. The minimum atomic E-state index is 0.0880. The highest BCUT2D eigenvalue weighted by Gasteiger charge is 2.22. The Balaban J connectivity index is 1.52. The average Bonchev–Trinajstić information content (AvgIpc) is 2.95. The van der Waals surface area contributed by atoms with Gasteiger partial charge in [0.25, 0.3) is 5.91 Å². The second-order valence-electron chi connectivity index (χ2n) is 6.72. The van der Waals surface area contributed by atoms with E-state index in [1.54, 1.807) is 35.9 Å². The predicted octanol–water partition coefficient (Wildman–Crippen LogP) is 3.66. The average molecular weight is 366 g/mol. The summed E-state index contributed by atoms with van der Waals surface area (Å²) in [4.78, 5) is 25.8.